The van der Waals surface area contributed by atoms with Gasteiger partial charge in [0.2, 0.25) is 5.16 Å². The molecule has 0 fully saturated rings. The first-order chi connectivity index (χ1) is 12.1. The third-order valence-electron chi connectivity index (χ3n) is 3.79. The third kappa shape index (κ3) is 2.96. The molecule has 0 atom stereocenters. The molecule has 0 spiro atoms. The first kappa shape index (κ1) is 16.0. The summed E-state index contributed by atoms with van der Waals surface area (Å²) in [6.07, 6.45) is 0. The van der Waals surface area contributed by atoms with Gasteiger partial charge in [-0.2, -0.15) is 4.68 Å². The molecule has 25 heavy (non-hydrogen) atoms. The molecule has 0 saturated carbocycles. The molecule has 3 aromatic heterocycles. The van der Waals surface area contributed by atoms with Gasteiger partial charge < -0.3 is 4.98 Å². The van der Waals surface area contributed by atoms with E-state index in [1.54, 1.807) is 4.68 Å². The number of hydrogen-bond donors (Lipinski definition) is 1. The van der Waals surface area contributed by atoms with Gasteiger partial charge in [0.1, 0.15) is 10.5 Å². The summed E-state index contributed by atoms with van der Waals surface area (Å²) in [7, 11) is 0. The molecule has 0 radical (unpaired) electrons. The van der Waals surface area contributed by atoms with E-state index < -0.39 is 0 Å². The average molecular weight is 370 g/mol. The van der Waals surface area contributed by atoms with E-state index in [9.17, 15) is 4.79 Å². The Hall–Kier alpha value is -2.52. The molecule has 126 valence electrons. The number of thiophene rings is 1. The first-order valence-corrected chi connectivity index (χ1v) is 9.44. The van der Waals surface area contributed by atoms with Crippen molar-refractivity contribution in [3.05, 3.63) is 57.0 Å². The van der Waals surface area contributed by atoms with Crippen LogP contribution >= 0.6 is 23.1 Å². The van der Waals surface area contributed by atoms with Gasteiger partial charge in [-0.15, -0.1) is 16.4 Å². The molecule has 0 aliphatic heterocycles. The maximum Gasteiger partial charge on any atom is 0.268 e. The number of rotatable bonds is 4. The van der Waals surface area contributed by atoms with E-state index in [4.69, 9.17) is 0 Å². The number of nitrogens with zero attached hydrogens (tertiary/aromatic N) is 5. The number of aromatic nitrogens is 6. The minimum atomic E-state index is -0.107. The van der Waals surface area contributed by atoms with Crippen LogP contribution < -0.4 is 5.56 Å². The van der Waals surface area contributed by atoms with Crippen LogP contribution in [0.25, 0.3) is 15.9 Å². The molecule has 0 bridgehead atoms. The lowest BCUT2D eigenvalue weighted by molar-refractivity contribution is 0.747. The molecule has 0 unspecified atom stereocenters. The van der Waals surface area contributed by atoms with Crippen molar-refractivity contribution in [2.45, 2.75) is 24.8 Å². The number of aryl methyl sites for hydroxylation is 2. The summed E-state index contributed by atoms with van der Waals surface area (Å²) in [5.74, 6) is 1.09. The van der Waals surface area contributed by atoms with Gasteiger partial charge >= 0.3 is 0 Å². The van der Waals surface area contributed by atoms with Gasteiger partial charge in [0.05, 0.1) is 17.0 Å². The topological polar surface area (TPSA) is 89.3 Å². The number of fused-ring (bicyclic) bond motifs is 1. The van der Waals surface area contributed by atoms with Crippen LogP contribution in [0.2, 0.25) is 0 Å². The maximum atomic E-state index is 12.1. The average Bonchev–Trinajstić information content (AvgIpc) is 3.22. The predicted octanol–water partition coefficient (Wildman–Crippen LogP) is 2.87. The monoisotopic (exact) mass is 370 g/mol. The van der Waals surface area contributed by atoms with Crippen LogP contribution in [0.4, 0.5) is 0 Å². The fraction of sp³-hybridized carbons (Fsp3) is 0.188. The zero-order valence-corrected chi connectivity index (χ0v) is 15.2. The number of H-pyrrole nitrogens is 1. The van der Waals surface area contributed by atoms with Gasteiger partial charge in [0.25, 0.3) is 5.56 Å². The normalized spacial score (nSPS) is 11.3. The van der Waals surface area contributed by atoms with Crippen LogP contribution in [-0.4, -0.2) is 30.2 Å². The van der Waals surface area contributed by atoms with E-state index in [1.807, 2.05) is 43.5 Å². The number of nitrogens with one attached hydrogen (secondary N) is 1. The van der Waals surface area contributed by atoms with Crippen LogP contribution in [-0.2, 0) is 5.75 Å². The Kier molecular flexibility index (Phi) is 4.10. The Labute approximate surface area is 151 Å². The van der Waals surface area contributed by atoms with Crippen molar-refractivity contribution >= 4 is 33.3 Å². The van der Waals surface area contributed by atoms with Crippen molar-refractivity contribution in [3.63, 3.8) is 0 Å². The van der Waals surface area contributed by atoms with Gasteiger partial charge in [-0.1, -0.05) is 30.0 Å². The van der Waals surface area contributed by atoms with Crippen LogP contribution in [0, 0.1) is 13.8 Å². The molecule has 0 aliphatic rings. The van der Waals surface area contributed by atoms with Crippen LogP contribution in [0.3, 0.4) is 0 Å². The van der Waals surface area contributed by atoms with Crippen molar-refractivity contribution in [2.75, 3.05) is 0 Å². The maximum absolute atomic E-state index is 12.1. The molecular weight excluding hydrogens is 356 g/mol. The number of hydrogen-bond acceptors (Lipinski definition) is 7. The van der Waals surface area contributed by atoms with Crippen molar-refractivity contribution in [2.24, 2.45) is 0 Å². The van der Waals surface area contributed by atoms with Gasteiger partial charge in [0, 0.05) is 0 Å². The second-order valence-electron chi connectivity index (χ2n) is 5.55. The zero-order valence-electron chi connectivity index (χ0n) is 13.6. The van der Waals surface area contributed by atoms with Crippen molar-refractivity contribution in [3.8, 4) is 5.69 Å². The van der Waals surface area contributed by atoms with Crippen molar-refractivity contribution in [1.29, 1.82) is 0 Å². The summed E-state index contributed by atoms with van der Waals surface area (Å²) < 4.78 is 2.38. The molecule has 1 N–H and O–H groups in total. The lowest BCUT2D eigenvalue weighted by atomic mass is 10.1. The van der Waals surface area contributed by atoms with Crippen LogP contribution in [0.5, 0.6) is 0 Å². The number of thioether (sulfide) groups is 1. The fourth-order valence-electron chi connectivity index (χ4n) is 2.67. The summed E-state index contributed by atoms with van der Waals surface area (Å²) in [5, 5.41) is 14.6. The molecule has 9 heteroatoms. The summed E-state index contributed by atoms with van der Waals surface area (Å²) in [4.78, 5) is 19.4. The number of benzene rings is 1. The second kappa shape index (κ2) is 6.41. The highest BCUT2D eigenvalue weighted by Crippen LogP contribution is 2.25. The summed E-state index contributed by atoms with van der Waals surface area (Å²) >= 11 is 2.83. The smallest absolute Gasteiger partial charge is 0.268 e. The van der Waals surface area contributed by atoms with E-state index in [1.165, 1.54) is 23.1 Å². The molecule has 4 aromatic rings. The molecule has 0 saturated heterocycles. The largest absolute Gasteiger partial charge is 0.309 e. The highest BCUT2D eigenvalue weighted by molar-refractivity contribution is 7.98. The van der Waals surface area contributed by atoms with Gasteiger partial charge in [-0.25, -0.2) is 4.98 Å². The molecule has 0 aliphatic carbocycles. The van der Waals surface area contributed by atoms with Gasteiger partial charge in [-0.05, 0) is 46.8 Å². The van der Waals surface area contributed by atoms with E-state index in [0.29, 0.717) is 21.4 Å². The number of aromatic amines is 1. The van der Waals surface area contributed by atoms with E-state index >= 15 is 0 Å². The predicted molar refractivity (Wildman–Crippen MR) is 98.4 cm³/mol. The highest BCUT2D eigenvalue weighted by atomic mass is 32.2. The SMILES string of the molecule is Cc1cccc(C)c1-n1nnnc1SCc1nc2ccsc2c(=O)[nH]1. The van der Waals surface area contributed by atoms with Gasteiger partial charge in [-0.3, -0.25) is 4.79 Å². The minimum Gasteiger partial charge on any atom is -0.309 e. The van der Waals surface area contributed by atoms with Crippen molar-refractivity contribution in [1.82, 2.24) is 30.2 Å². The summed E-state index contributed by atoms with van der Waals surface area (Å²) in [6.45, 7) is 4.06. The Morgan fingerprint density at radius 2 is 2.04 bits per heavy atom. The molecule has 0 amide bonds. The molecule has 1 aromatic carbocycles. The highest BCUT2D eigenvalue weighted by Gasteiger charge is 2.14. The molecule has 4 rings (SSSR count). The molecular formula is C16H14N6OS2. The zero-order chi connectivity index (χ0) is 17.4. The Morgan fingerprint density at radius 1 is 1.24 bits per heavy atom. The van der Waals surface area contributed by atoms with E-state index in [-0.39, 0.29) is 5.56 Å². The van der Waals surface area contributed by atoms with Crippen LogP contribution in [0.1, 0.15) is 17.0 Å². The lowest BCUT2D eigenvalue weighted by Crippen LogP contribution is -2.10. The fourth-order valence-corrected chi connectivity index (χ4v) is 4.14. The minimum absolute atomic E-state index is 0.107. The standard InChI is InChI=1S/C16H14N6OS2/c1-9-4-3-5-10(2)13(9)22-16(19-20-21-22)25-8-12-17-11-6-7-24-14(11)15(23)18-12/h3-7H,8H2,1-2H3,(H,17,18,23). The Balaban J connectivity index is 1.64. The summed E-state index contributed by atoms with van der Waals surface area (Å²) in [6, 6.07) is 7.92. The van der Waals surface area contributed by atoms with Crippen molar-refractivity contribution < 1.29 is 0 Å². The Bertz CT molecular complexity index is 1090. The Morgan fingerprint density at radius 3 is 2.84 bits per heavy atom. The van der Waals surface area contributed by atoms with E-state index in [0.717, 1.165) is 22.3 Å². The third-order valence-corrected chi connectivity index (χ3v) is 5.63. The second-order valence-corrected chi connectivity index (χ2v) is 7.41. The molecule has 7 nitrogen and oxygen atoms in total. The first-order valence-electron chi connectivity index (χ1n) is 7.57. The quantitative estimate of drug-likeness (QED) is 0.556. The lowest BCUT2D eigenvalue weighted by Gasteiger charge is -2.10. The molecule has 3 heterocycles. The van der Waals surface area contributed by atoms with E-state index in [2.05, 4.69) is 25.5 Å². The number of para-hydroxylation sites is 1. The van der Waals surface area contributed by atoms with Gasteiger partial charge in [0.15, 0.2) is 0 Å². The van der Waals surface area contributed by atoms with Crippen LogP contribution in [0.15, 0.2) is 39.6 Å². The number of tetrazole rings is 1. The summed E-state index contributed by atoms with van der Waals surface area (Å²) in [5.41, 5.74) is 3.79.